The first-order chi connectivity index (χ1) is 23.3. The smallest absolute Gasteiger partial charge is 0.260 e. The maximum absolute atomic E-state index is 6.63. The first-order valence-electron chi connectivity index (χ1n) is 16.2. The maximum Gasteiger partial charge on any atom is 0.260 e. The zero-order chi connectivity index (χ0) is 30.6. The van der Waals surface area contributed by atoms with E-state index in [9.17, 15) is 0 Å². The Balaban J connectivity index is 1.20. The van der Waals surface area contributed by atoms with Gasteiger partial charge in [-0.25, -0.2) is 0 Å². The largest absolute Gasteiger partial charge is 0.458 e. The van der Waals surface area contributed by atoms with Gasteiger partial charge in [0.2, 0.25) is 0 Å². The second-order valence-electron chi connectivity index (χ2n) is 12.7. The van der Waals surface area contributed by atoms with Crippen LogP contribution in [0.15, 0.2) is 152 Å². The zero-order valence-corrected chi connectivity index (χ0v) is 25.3. The van der Waals surface area contributed by atoms with Crippen molar-refractivity contribution < 1.29 is 9.47 Å². The van der Waals surface area contributed by atoms with Crippen molar-refractivity contribution in [3.05, 3.63) is 152 Å². The molecule has 2 heterocycles. The Hall–Kier alpha value is -6.06. The molecule has 2 aliphatic heterocycles. The summed E-state index contributed by atoms with van der Waals surface area (Å²) < 4.78 is 13.3. The van der Waals surface area contributed by atoms with E-state index >= 15 is 0 Å². The molecule has 0 atom stereocenters. The van der Waals surface area contributed by atoms with Crippen LogP contribution in [0.4, 0.5) is 0 Å². The highest BCUT2D eigenvalue weighted by atomic mass is 16.5. The molecule has 216 valence electrons. The molecule has 2 aliphatic rings. The van der Waals surface area contributed by atoms with Gasteiger partial charge in [0.25, 0.3) is 6.71 Å². The molecule has 0 saturated heterocycles. The van der Waals surface area contributed by atoms with Gasteiger partial charge >= 0.3 is 0 Å². The standard InChI is InChI=1S/C44H25BO2/c1-4-14-31-28(11-1)29-12-2-5-15-32(29)43-34-22-21-26(23-35(34)30-13-3-6-16-33(30)42(31)43)27-24-40-44-41(25-27)47-39-20-10-8-18-37(39)45(44)36-17-7-9-19-38(36)46-40/h1-25H. The third-order valence-corrected chi connectivity index (χ3v) is 10.3. The number of rotatable bonds is 1. The van der Waals surface area contributed by atoms with Gasteiger partial charge in [-0.3, -0.25) is 0 Å². The van der Waals surface area contributed by atoms with Crippen molar-refractivity contribution in [1.29, 1.82) is 0 Å². The Bertz CT molecular complexity index is 2750. The van der Waals surface area contributed by atoms with Crippen molar-refractivity contribution in [2.24, 2.45) is 0 Å². The van der Waals surface area contributed by atoms with Crippen LogP contribution in [0.1, 0.15) is 0 Å². The van der Waals surface area contributed by atoms with Crippen LogP contribution in [0.5, 0.6) is 23.0 Å². The summed E-state index contributed by atoms with van der Waals surface area (Å²) in [5, 5.41) is 12.8. The van der Waals surface area contributed by atoms with E-state index in [1.54, 1.807) is 0 Å². The summed E-state index contributed by atoms with van der Waals surface area (Å²) in [6, 6.07) is 54.7. The maximum atomic E-state index is 6.63. The lowest BCUT2D eigenvalue weighted by molar-refractivity contribution is 0.465. The topological polar surface area (TPSA) is 18.5 Å². The normalized spacial score (nSPS) is 13.0. The van der Waals surface area contributed by atoms with Crippen LogP contribution in [0, 0.1) is 0 Å². The summed E-state index contributed by atoms with van der Waals surface area (Å²) in [5.74, 6) is 3.52. The van der Waals surface area contributed by atoms with Gasteiger partial charge in [-0.15, -0.1) is 0 Å². The highest BCUT2D eigenvalue weighted by Crippen LogP contribution is 2.45. The number of hydrogen-bond acceptors (Lipinski definition) is 2. The summed E-state index contributed by atoms with van der Waals surface area (Å²) in [6.07, 6.45) is 0. The molecule has 0 N–H and O–H groups in total. The molecule has 0 fully saturated rings. The van der Waals surface area contributed by atoms with Gasteiger partial charge in [0.1, 0.15) is 23.0 Å². The van der Waals surface area contributed by atoms with E-state index in [2.05, 4.69) is 140 Å². The zero-order valence-electron chi connectivity index (χ0n) is 25.3. The van der Waals surface area contributed by atoms with E-state index in [0.29, 0.717) is 0 Å². The first kappa shape index (κ1) is 25.2. The molecule has 2 nitrogen and oxygen atoms in total. The van der Waals surface area contributed by atoms with E-state index < -0.39 is 0 Å². The molecule has 0 amide bonds. The third kappa shape index (κ3) is 3.41. The Morgan fingerprint density at radius 2 is 0.745 bits per heavy atom. The lowest BCUT2D eigenvalue weighted by Gasteiger charge is -2.33. The minimum absolute atomic E-state index is 0.0685. The molecule has 11 rings (SSSR count). The predicted molar refractivity (Wildman–Crippen MR) is 197 cm³/mol. The molecule has 3 heteroatoms. The Kier molecular flexibility index (Phi) is 4.95. The lowest BCUT2D eigenvalue weighted by Crippen LogP contribution is -2.57. The SMILES string of the molecule is c1ccc2c(c1)Oc1cc(-c3ccc4c(c3)c3ccccc3c3c5ccccc5c5ccccc5c43)cc3c1B2c1ccccc1O3. The number of hydrogen-bond donors (Lipinski definition) is 0. The molecule has 0 saturated carbocycles. The fourth-order valence-corrected chi connectivity index (χ4v) is 8.36. The molecule has 9 aromatic rings. The second kappa shape index (κ2) is 9.25. The first-order valence-corrected chi connectivity index (χ1v) is 16.2. The number of para-hydroxylation sites is 2. The molecule has 47 heavy (non-hydrogen) atoms. The van der Waals surface area contributed by atoms with Crippen molar-refractivity contribution >= 4 is 77.0 Å². The third-order valence-electron chi connectivity index (χ3n) is 10.3. The fraction of sp³-hybridized carbons (Fsp3) is 0. The monoisotopic (exact) mass is 596 g/mol. The van der Waals surface area contributed by atoms with E-state index in [-0.39, 0.29) is 6.71 Å². The van der Waals surface area contributed by atoms with E-state index in [1.165, 1.54) is 64.8 Å². The van der Waals surface area contributed by atoms with Gasteiger partial charge < -0.3 is 9.47 Å². The van der Waals surface area contributed by atoms with E-state index in [4.69, 9.17) is 9.47 Å². The molecular weight excluding hydrogens is 571 g/mol. The molecule has 9 aromatic carbocycles. The summed E-state index contributed by atoms with van der Waals surface area (Å²) in [4.78, 5) is 0. The van der Waals surface area contributed by atoms with E-state index in [1.807, 2.05) is 12.1 Å². The highest BCUT2D eigenvalue weighted by molar-refractivity contribution is 6.98. The molecule has 0 radical (unpaired) electrons. The van der Waals surface area contributed by atoms with Crippen LogP contribution < -0.4 is 25.9 Å². The average Bonchev–Trinajstić information content (AvgIpc) is 3.14. The Labute approximate surface area is 271 Å². The fourth-order valence-electron chi connectivity index (χ4n) is 8.36. The minimum atomic E-state index is 0.0685. The van der Waals surface area contributed by atoms with Crippen LogP contribution in [-0.4, -0.2) is 6.71 Å². The van der Waals surface area contributed by atoms with E-state index in [0.717, 1.165) is 39.6 Å². The quantitative estimate of drug-likeness (QED) is 0.139. The van der Waals surface area contributed by atoms with Crippen molar-refractivity contribution in [3.8, 4) is 34.1 Å². The lowest BCUT2D eigenvalue weighted by atomic mass is 9.35. The van der Waals surface area contributed by atoms with Crippen LogP contribution >= 0.6 is 0 Å². The Morgan fingerprint density at radius 1 is 0.319 bits per heavy atom. The van der Waals surface area contributed by atoms with Crippen LogP contribution in [0.2, 0.25) is 0 Å². The van der Waals surface area contributed by atoms with Crippen molar-refractivity contribution in [2.45, 2.75) is 0 Å². The van der Waals surface area contributed by atoms with Crippen LogP contribution in [0.25, 0.3) is 65.0 Å². The van der Waals surface area contributed by atoms with Crippen molar-refractivity contribution in [1.82, 2.24) is 0 Å². The summed E-state index contributed by atoms with van der Waals surface area (Å²) in [6.45, 7) is 0.0685. The van der Waals surface area contributed by atoms with Gasteiger partial charge in [0.15, 0.2) is 0 Å². The predicted octanol–water partition coefficient (Wildman–Crippen LogP) is 9.85. The van der Waals surface area contributed by atoms with Crippen molar-refractivity contribution in [3.63, 3.8) is 0 Å². The summed E-state index contributed by atoms with van der Waals surface area (Å²) in [7, 11) is 0. The van der Waals surface area contributed by atoms with Gasteiger partial charge in [-0.05, 0) is 106 Å². The van der Waals surface area contributed by atoms with Gasteiger partial charge in [-0.1, -0.05) is 121 Å². The number of ether oxygens (including phenoxy) is 2. The molecule has 0 aliphatic carbocycles. The summed E-state index contributed by atoms with van der Waals surface area (Å²) >= 11 is 0. The van der Waals surface area contributed by atoms with Gasteiger partial charge in [0, 0.05) is 5.46 Å². The molecule has 0 unspecified atom stereocenters. The van der Waals surface area contributed by atoms with Gasteiger partial charge in [-0.2, -0.15) is 0 Å². The van der Waals surface area contributed by atoms with Gasteiger partial charge in [0.05, 0.1) is 0 Å². The Morgan fingerprint density at radius 3 is 1.28 bits per heavy atom. The number of benzene rings is 9. The van der Waals surface area contributed by atoms with Crippen LogP contribution in [0.3, 0.4) is 0 Å². The summed E-state index contributed by atoms with van der Waals surface area (Å²) in [5.41, 5.74) is 5.65. The average molecular weight is 596 g/mol. The number of fused-ring (bicyclic) bond motifs is 15. The van der Waals surface area contributed by atoms with Crippen molar-refractivity contribution in [2.75, 3.05) is 0 Å². The molecule has 0 bridgehead atoms. The van der Waals surface area contributed by atoms with Crippen LogP contribution in [-0.2, 0) is 0 Å². The molecule has 0 aromatic heterocycles. The second-order valence-corrected chi connectivity index (χ2v) is 12.7. The molecule has 0 spiro atoms. The minimum Gasteiger partial charge on any atom is -0.458 e. The highest BCUT2D eigenvalue weighted by Gasteiger charge is 2.40. The molecular formula is C44H25BO2.